The van der Waals surface area contributed by atoms with Gasteiger partial charge >= 0.3 is 0 Å². The summed E-state index contributed by atoms with van der Waals surface area (Å²) in [6, 6.07) is 14.8. The first-order chi connectivity index (χ1) is 20.8. The van der Waals surface area contributed by atoms with E-state index < -0.39 is 0 Å². The van der Waals surface area contributed by atoms with Crippen molar-refractivity contribution in [2.75, 3.05) is 55.8 Å². The smallest absolute Gasteiger partial charge is 0.266 e. The molecule has 13 heteroatoms. The van der Waals surface area contributed by atoms with E-state index in [1.54, 1.807) is 61.6 Å². The molecule has 3 amide bonds. The van der Waals surface area contributed by atoms with Crippen LogP contribution in [-0.2, 0) is 19.1 Å². The van der Waals surface area contributed by atoms with E-state index in [0.717, 1.165) is 18.9 Å². The lowest BCUT2D eigenvalue weighted by molar-refractivity contribution is -0.122. The number of amides is 3. The van der Waals surface area contributed by atoms with E-state index in [-0.39, 0.29) is 44.3 Å². The van der Waals surface area contributed by atoms with Gasteiger partial charge in [0.25, 0.3) is 17.7 Å². The van der Waals surface area contributed by atoms with Crippen LogP contribution in [0.3, 0.4) is 0 Å². The summed E-state index contributed by atoms with van der Waals surface area (Å²) in [6.45, 7) is 0.242. The Morgan fingerprint density at radius 2 is 1.23 bits per heavy atom. The summed E-state index contributed by atoms with van der Waals surface area (Å²) in [6.07, 6.45) is 2.19. The molecule has 0 spiro atoms. The van der Waals surface area contributed by atoms with E-state index in [2.05, 4.69) is 5.32 Å². The highest BCUT2D eigenvalue weighted by molar-refractivity contribution is 5.99. The zero-order valence-electron chi connectivity index (χ0n) is 23.2. The first kappa shape index (κ1) is 30.4. The third kappa shape index (κ3) is 7.21. The third-order valence-corrected chi connectivity index (χ3v) is 6.30. The second kappa shape index (κ2) is 13.9. The first-order valence-electron chi connectivity index (χ1n) is 12.8. The van der Waals surface area contributed by atoms with Crippen LogP contribution in [0, 0.1) is 0 Å². The maximum Gasteiger partial charge on any atom is 0.266 e. The minimum atomic E-state index is -0.199. The summed E-state index contributed by atoms with van der Waals surface area (Å²) in [7, 11) is 3.17. The second-order valence-corrected chi connectivity index (χ2v) is 9.17. The van der Waals surface area contributed by atoms with Crippen molar-refractivity contribution in [3.05, 3.63) is 71.3 Å². The molecule has 3 heterocycles. The van der Waals surface area contributed by atoms with Crippen molar-refractivity contribution >= 4 is 53.6 Å². The Bertz CT molecular complexity index is 1570. The Morgan fingerprint density at radius 3 is 1.84 bits per heavy atom. The Labute approximate surface area is 245 Å². The Morgan fingerprint density at radius 1 is 0.721 bits per heavy atom. The van der Waals surface area contributed by atoms with Crippen LogP contribution in [0.5, 0.6) is 17.2 Å². The van der Waals surface area contributed by atoms with Crippen LogP contribution in [0.25, 0.3) is 0 Å². The van der Waals surface area contributed by atoms with Crippen LogP contribution >= 0.6 is 0 Å². The summed E-state index contributed by atoms with van der Waals surface area (Å²) in [5.41, 5.74) is 3.33. The zero-order chi connectivity index (χ0) is 30.9. The molecule has 0 atom stereocenters. The van der Waals surface area contributed by atoms with Crippen LogP contribution in [0.15, 0.2) is 54.6 Å². The highest BCUT2D eigenvalue weighted by Gasteiger charge is 2.25. The molecule has 0 saturated carbocycles. The average Bonchev–Trinajstić information content (AvgIpc) is 3.04. The van der Waals surface area contributed by atoms with Crippen LogP contribution in [-0.4, -0.2) is 77.3 Å². The number of anilines is 3. The van der Waals surface area contributed by atoms with Crippen molar-refractivity contribution in [1.82, 2.24) is 0 Å². The number of nitrogens with zero attached hydrogens (tertiary/aromatic N) is 2. The van der Waals surface area contributed by atoms with Crippen LogP contribution < -0.4 is 29.3 Å². The minimum absolute atomic E-state index is 0.00318. The van der Waals surface area contributed by atoms with Gasteiger partial charge in [-0.15, -0.1) is 0 Å². The number of nitrogens with one attached hydrogen (secondary N) is 1. The molecule has 13 nitrogen and oxygen atoms in total. The molecule has 0 saturated heterocycles. The standard InChI is InChI=1S/C11H11NO4.C10H9NO3.C9H7NO3/c1-15-7-12-9-4-8(5-13)2-3-10(9)16-6-11(12)14;1-11-8-4-7(5-12)2-3-9(8)14-6-10(11)13;11-4-6-1-2-8-7(3-6)10-9(12)5-13-8/h2-5H,6-7H2,1H3;2-5H,6H2,1H3;1-4H,5H2,(H,10,12). The van der Waals surface area contributed by atoms with Crippen molar-refractivity contribution in [3.63, 3.8) is 0 Å². The molecular weight excluding hydrogens is 562 g/mol. The van der Waals surface area contributed by atoms with Crippen molar-refractivity contribution in [2.24, 2.45) is 0 Å². The Kier molecular flexibility index (Phi) is 9.81. The lowest BCUT2D eigenvalue weighted by Crippen LogP contribution is -2.40. The maximum atomic E-state index is 11.6. The van der Waals surface area contributed by atoms with Gasteiger partial charge in [-0.1, -0.05) is 0 Å². The molecule has 43 heavy (non-hydrogen) atoms. The Balaban J connectivity index is 0.000000148. The number of likely N-dealkylation sites (N-methyl/N-ethyl adjacent to an activating group) is 1. The zero-order valence-corrected chi connectivity index (χ0v) is 23.2. The normalized spacial score (nSPS) is 14.3. The van der Waals surface area contributed by atoms with Gasteiger partial charge in [-0.25, -0.2) is 0 Å². The summed E-state index contributed by atoms with van der Waals surface area (Å²) >= 11 is 0. The number of aldehydes is 3. The van der Waals surface area contributed by atoms with E-state index in [4.69, 9.17) is 18.9 Å². The highest BCUT2D eigenvalue weighted by Crippen LogP contribution is 2.33. The molecule has 6 rings (SSSR count). The molecule has 0 bridgehead atoms. The van der Waals surface area contributed by atoms with Crippen LogP contribution in [0.2, 0.25) is 0 Å². The van der Waals surface area contributed by atoms with E-state index in [1.807, 2.05) is 0 Å². The highest BCUT2D eigenvalue weighted by atomic mass is 16.5. The lowest BCUT2D eigenvalue weighted by atomic mass is 10.1. The molecule has 3 aromatic carbocycles. The van der Waals surface area contributed by atoms with Crippen molar-refractivity contribution in [3.8, 4) is 17.2 Å². The quantitative estimate of drug-likeness (QED) is 0.439. The summed E-state index contributed by atoms with van der Waals surface area (Å²) < 4.78 is 20.5. The Hall–Kier alpha value is -5.56. The molecule has 1 N–H and O–H groups in total. The number of hydrogen-bond acceptors (Lipinski definition) is 10. The molecule has 0 fully saturated rings. The fourth-order valence-electron chi connectivity index (χ4n) is 4.10. The molecule has 222 valence electrons. The second-order valence-electron chi connectivity index (χ2n) is 9.17. The molecule has 0 aromatic heterocycles. The largest absolute Gasteiger partial charge is 0.482 e. The number of fused-ring (bicyclic) bond motifs is 3. The van der Waals surface area contributed by atoms with Gasteiger partial charge in [0.15, 0.2) is 19.8 Å². The molecule has 0 radical (unpaired) electrons. The molecule has 3 aromatic rings. The molecule has 0 aliphatic carbocycles. The van der Waals surface area contributed by atoms with Gasteiger partial charge in [-0.05, 0) is 54.6 Å². The number of carbonyl (C=O) groups excluding carboxylic acids is 6. The average molecular weight is 590 g/mol. The van der Waals surface area contributed by atoms with Gasteiger partial charge in [0.05, 0.1) is 17.1 Å². The fourth-order valence-corrected chi connectivity index (χ4v) is 4.10. The van der Waals surface area contributed by atoms with Crippen LogP contribution in [0.1, 0.15) is 31.1 Å². The topological polar surface area (TPSA) is 158 Å². The fraction of sp³-hybridized carbons (Fsp3) is 0.200. The van der Waals surface area contributed by atoms with E-state index in [1.165, 1.54) is 16.9 Å². The van der Waals surface area contributed by atoms with Crippen molar-refractivity contribution < 1.29 is 47.7 Å². The van der Waals surface area contributed by atoms with Gasteiger partial charge in [0, 0.05) is 30.8 Å². The maximum absolute atomic E-state index is 11.6. The van der Waals surface area contributed by atoms with Gasteiger partial charge < -0.3 is 29.2 Å². The minimum Gasteiger partial charge on any atom is -0.482 e. The van der Waals surface area contributed by atoms with E-state index in [0.29, 0.717) is 51.0 Å². The van der Waals surface area contributed by atoms with E-state index >= 15 is 0 Å². The monoisotopic (exact) mass is 589 g/mol. The molecule has 3 aliphatic rings. The number of ether oxygens (including phenoxy) is 4. The van der Waals surface area contributed by atoms with Gasteiger partial charge in [0.2, 0.25) is 0 Å². The van der Waals surface area contributed by atoms with Gasteiger partial charge in [-0.3, -0.25) is 33.7 Å². The number of methoxy groups -OCH3 is 1. The number of benzene rings is 3. The summed E-state index contributed by atoms with van der Waals surface area (Å²) in [5, 5.41) is 2.61. The SMILES string of the molecule is CN1C(=O)COc2ccc(C=O)cc21.COCN1C(=O)COc2ccc(C=O)cc21.O=Cc1ccc2c(c1)NC(=O)CO2. The summed E-state index contributed by atoms with van der Waals surface area (Å²) in [4.78, 5) is 68.3. The summed E-state index contributed by atoms with van der Waals surface area (Å²) in [5.74, 6) is 1.33. The van der Waals surface area contributed by atoms with E-state index in [9.17, 15) is 28.8 Å². The predicted molar refractivity (Wildman–Crippen MR) is 153 cm³/mol. The third-order valence-electron chi connectivity index (χ3n) is 6.30. The van der Waals surface area contributed by atoms with Gasteiger partial charge in [0.1, 0.15) is 42.8 Å². The lowest BCUT2D eigenvalue weighted by Gasteiger charge is -2.28. The molecular formula is C30H27N3O10. The van der Waals surface area contributed by atoms with Gasteiger partial charge in [-0.2, -0.15) is 0 Å². The van der Waals surface area contributed by atoms with Crippen LogP contribution in [0.4, 0.5) is 17.1 Å². The number of rotatable bonds is 5. The number of hydrogen-bond donors (Lipinski definition) is 1. The molecule has 3 aliphatic heterocycles. The predicted octanol–water partition coefficient (Wildman–Crippen LogP) is 2.51. The van der Waals surface area contributed by atoms with Crippen molar-refractivity contribution in [2.45, 2.75) is 0 Å². The number of carbonyl (C=O) groups is 6. The first-order valence-corrected chi connectivity index (χ1v) is 12.8. The van der Waals surface area contributed by atoms with Crippen molar-refractivity contribution in [1.29, 1.82) is 0 Å². The molecule has 0 unspecified atom stereocenters.